The maximum Gasteiger partial charge on any atom is 0.231 e. The van der Waals surface area contributed by atoms with Crippen molar-refractivity contribution in [3.05, 3.63) is 23.8 Å². The molecule has 1 N–H and O–H groups in total. The van der Waals surface area contributed by atoms with Gasteiger partial charge in [0.1, 0.15) is 0 Å². The van der Waals surface area contributed by atoms with Gasteiger partial charge in [0, 0.05) is 31.5 Å². The van der Waals surface area contributed by atoms with Crippen molar-refractivity contribution in [1.29, 1.82) is 0 Å². The zero-order valence-electron chi connectivity index (χ0n) is 15.0. The standard InChI is InChI=1S/C19H25N3O3.HI/c1-2-20-19(21-8-12-3-4-17-18(7-12)24-11-23-17)22-9-13-14(10-22)16-6-5-15(13)25-16;/h3-4,7,13-16H,2,5-6,8-11H2,1H3,(H,20,21);1H. The second-order valence-electron chi connectivity index (χ2n) is 7.38. The Morgan fingerprint density at radius 2 is 1.88 bits per heavy atom. The van der Waals surface area contributed by atoms with E-state index in [1.54, 1.807) is 0 Å². The van der Waals surface area contributed by atoms with Crippen molar-refractivity contribution >= 4 is 29.9 Å². The van der Waals surface area contributed by atoms with Crippen LogP contribution in [0.5, 0.6) is 11.5 Å². The summed E-state index contributed by atoms with van der Waals surface area (Å²) in [5.41, 5.74) is 1.14. The normalized spacial score (nSPS) is 31.1. The molecule has 0 spiro atoms. The molecule has 6 nitrogen and oxygen atoms in total. The predicted molar refractivity (Wildman–Crippen MR) is 109 cm³/mol. The lowest BCUT2D eigenvalue weighted by molar-refractivity contribution is 0.0767. The molecule has 7 heteroatoms. The zero-order chi connectivity index (χ0) is 16.8. The maximum atomic E-state index is 6.09. The van der Waals surface area contributed by atoms with Crippen LogP contribution in [0.3, 0.4) is 0 Å². The third kappa shape index (κ3) is 3.13. The van der Waals surface area contributed by atoms with E-state index in [2.05, 4.69) is 23.2 Å². The summed E-state index contributed by atoms with van der Waals surface area (Å²) >= 11 is 0. The molecule has 0 aliphatic carbocycles. The molecule has 0 aromatic heterocycles. The van der Waals surface area contributed by atoms with Crippen molar-refractivity contribution in [1.82, 2.24) is 10.2 Å². The number of hydrogen-bond donors (Lipinski definition) is 1. The smallest absolute Gasteiger partial charge is 0.231 e. The summed E-state index contributed by atoms with van der Waals surface area (Å²) in [5, 5.41) is 3.47. The van der Waals surface area contributed by atoms with Crippen LogP contribution in [0.1, 0.15) is 25.3 Å². The molecule has 142 valence electrons. The van der Waals surface area contributed by atoms with Crippen LogP contribution in [0.4, 0.5) is 0 Å². The minimum atomic E-state index is 0. The number of fused-ring (bicyclic) bond motifs is 6. The molecule has 4 heterocycles. The van der Waals surface area contributed by atoms with Gasteiger partial charge < -0.3 is 24.4 Å². The predicted octanol–water partition coefficient (Wildman–Crippen LogP) is 2.61. The number of rotatable bonds is 3. The lowest BCUT2D eigenvalue weighted by atomic mass is 9.82. The first-order valence-corrected chi connectivity index (χ1v) is 9.39. The van der Waals surface area contributed by atoms with Crippen LogP contribution in [0.25, 0.3) is 0 Å². The minimum Gasteiger partial charge on any atom is -0.454 e. The Labute approximate surface area is 171 Å². The van der Waals surface area contributed by atoms with E-state index in [9.17, 15) is 0 Å². The van der Waals surface area contributed by atoms with Gasteiger partial charge in [-0.1, -0.05) is 6.07 Å². The van der Waals surface area contributed by atoms with Crippen LogP contribution in [0.15, 0.2) is 23.2 Å². The van der Waals surface area contributed by atoms with E-state index in [1.165, 1.54) is 12.8 Å². The molecular formula is C19H26IN3O3. The molecule has 4 atom stereocenters. The van der Waals surface area contributed by atoms with Crippen LogP contribution >= 0.6 is 24.0 Å². The number of halogens is 1. The van der Waals surface area contributed by atoms with Crippen LogP contribution in [0.2, 0.25) is 0 Å². The van der Waals surface area contributed by atoms with Gasteiger partial charge in [-0.15, -0.1) is 24.0 Å². The fourth-order valence-electron chi connectivity index (χ4n) is 4.76. The van der Waals surface area contributed by atoms with E-state index >= 15 is 0 Å². The maximum absolute atomic E-state index is 6.09. The molecule has 26 heavy (non-hydrogen) atoms. The molecule has 3 fully saturated rings. The highest BCUT2D eigenvalue weighted by Gasteiger charge is 2.53. The minimum absolute atomic E-state index is 0. The van der Waals surface area contributed by atoms with E-state index in [4.69, 9.17) is 19.2 Å². The quantitative estimate of drug-likeness (QED) is 0.418. The van der Waals surface area contributed by atoms with Crippen molar-refractivity contribution in [2.75, 3.05) is 26.4 Å². The molecule has 4 unspecified atom stereocenters. The molecule has 0 amide bonds. The van der Waals surface area contributed by atoms with E-state index in [1.807, 2.05) is 12.1 Å². The first-order chi connectivity index (χ1) is 12.3. The van der Waals surface area contributed by atoms with Gasteiger partial charge in [-0.2, -0.15) is 0 Å². The number of guanidine groups is 1. The Morgan fingerprint density at radius 1 is 1.15 bits per heavy atom. The lowest BCUT2D eigenvalue weighted by Crippen LogP contribution is -2.41. The van der Waals surface area contributed by atoms with Crippen LogP contribution in [0, 0.1) is 11.8 Å². The van der Waals surface area contributed by atoms with E-state index in [0.717, 1.165) is 42.7 Å². The summed E-state index contributed by atoms with van der Waals surface area (Å²) in [6.45, 7) is 6.10. The van der Waals surface area contributed by atoms with Gasteiger partial charge in [0.25, 0.3) is 0 Å². The van der Waals surface area contributed by atoms with Crippen LogP contribution in [-0.4, -0.2) is 49.5 Å². The van der Waals surface area contributed by atoms with E-state index in [0.29, 0.717) is 37.4 Å². The molecule has 4 aliphatic rings. The summed E-state index contributed by atoms with van der Waals surface area (Å²) < 4.78 is 16.9. The molecule has 1 aromatic carbocycles. The molecular weight excluding hydrogens is 445 g/mol. The van der Waals surface area contributed by atoms with Crippen LogP contribution in [-0.2, 0) is 11.3 Å². The van der Waals surface area contributed by atoms with Crippen molar-refractivity contribution in [3.8, 4) is 11.5 Å². The summed E-state index contributed by atoms with van der Waals surface area (Å²) in [6, 6.07) is 6.06. The Kier molecular flexibility index (Phi) is 5.18. The fourth-order valence-corrected chi connectivity index (χ4v) is 4.76. The molecule has 1 aromatic rings. The lowest BCUT2D eigenvalue weighted by Gasteiger charge is -2.23. The average Bonchev–Trinajstić information content (AvgIpc) is 3.39. The van der Waals surface area contributed by atoms with Crippen molar-refractivity contribution in [2.24, 2.45) is 16.8 Å². The van der Waals surface area contributed by atoms with Gasteiger partial charge in [-0.3, -0.25) is 0 Å². The molecule has 0 saturated carbocycles. The summed E-state index contributed by atoms with van der Waals surface area (Å²) in [6.07, 6.45) is 3.45. The monoisotopic (exact) mass is 471 g/mol. The third-order valence-corrected chi connectivity index (χ3v) is 5.94. The number of aliphatic imine (C=N–C) groups is 1. The van der Waals surface area contributed by atoms with Gasteiger partial charge in [0.15, 0.2) is 17.5 Å². The third-order valence-electron chi connectivity index (χ3n) is 5.94. The summed E-state index contributed by atoms with van der Waals surface area (Å²) in [7, 11) is 0. The highest BCUT2D eigenvalue weighted by molar-refractivity contribution is 14.0. The molecule has 5 rings (SSSR count). The number of hydrogen-bond acceptors (Lipinski definition) is 4. The van der Waals surface area contributed by atoms with Crippen molar-refractivity contribution < 1.29 is 14.2 Å². The van der Waals surface area contributed by atoms with Gasteiger partial charge in [0.2, 0.25) is 6.79 Å². The number of likely N-dealkylation sites (tertiary alicyclic amines) is 1. The molecule has 4 aliphatic heterocycles. The van der Waals surface area contributed by atoms with E-state index < -0.39 is 0 Å². The van der Waals surface area contributed by atoms with Gasteiger partial charge in [-0.25, -0.2) is 4.99 Å². The Bertz CT molecular complexity index is 681. The zero-order valence-corrected chi connectivity index (χ0v) is 17.3. The number of nitrogens with zero attached hydrogens (tertiary/aromatic N) is 2. The van der Waals surface area contributed by atoms with Gasteiger partial charge in [-0.05, 0) is 37.5 Å². The highest BCUT2D eigenvalue weighted by atomic mass is 127. The molecule has 2 bridgehead atoms. The molecule has 0 radical (unpaired) electrons. The average molecular weight is 471 g/mol. The first-order valence-electron chi connectivity index (χ1n) is 9.39. The number of nitrogens with one attached hydrogen (secondary N) is 1. The highest BCUT2D eigenvalue weighted by Crippen LogP contribution is 2.47. The fraction of sp³-hybridized carbons (Fsp3) is 0.632. The second kappa shape index (κ2) is 7.42. The summed E-state index contributed by atoms with van der Waals surface area (Å²) in [4.78, 5) is 7.31. The van der Waals surface area contributed by atoms with Gasteiger partial charge in [0.05, 0.1) is 18.8 Å². The largest absolute Gasteiger partial charge is 0.454 e. The Morgan fingerprint density at radius 3 is 2.62 bits per heavy atom. The Hall–Kier alpha value is -1.22. The number of ether oxygens (including phenoxy) is 3. The van der Waals surface area contributed by atoms with Gasteiger partial charge >= 0.3 is 0 Å². The number of benzene rings is 1. The van der Waals surface area contributed by atoms with E-state index in [-0.39, 0.29) is 24.0 Å². The van der Waals surface area contributed by atoms with Crippen molar-refractivity contribution in [3.63, 3.8) is 0 Å². The second-order valence-corrected chi connectivity index (χ2v) is 7.38. The SMILES string of the molecule is CCNC(=NCc1ccc2c(c1)OCO2)N1CC2C3CCC(O3)C2C1.I. The topological polar surface area (TPSA) is 55.3 Å². The Balaban J connectivity index is 0.00000168. The van der Waals surface area contributed by atoms with Crippen LogP contribution < -0.4 is 14.8 Å². The molecule has 3 saturated heterocycles. The van der Waals surface area contributed by atoms with Crippen molar-refractivity contribution in [2.45, 2.75) is 38.5 Å². The summed E-state index contributed by atoms with van der Waals surface area (Å²) in [5.74, 6) is 4.04. The first kappa shape index (κ1) is 18.2.